The maximum Gasteiger partial charge on any atom is 0.165 e. The van der Waals surface area contributed by atoms with Gasteiger partial charge in [0.25, 0.3) is 0 Å². The van der Waals surface area contributed by atoms with Crippen molar-refractivity contribution in [2.75, 3.05) is 0 Å². The monoisotopic (exact) mass is 86.0 g/mol. The molecule has 0 aromatic carbocycles. The summed E-state index contributed by atoms with van der Waals surface area (Å²) >= 11 is 1.46. The Kier molecular flexibility index (Phi) is 0.533. The molecule has 0 amide bonds. The van der Waals surface area contributed by atoms with Crippen molar-refractivity contribution in [1.29, 1.82) is 5.26 Å². The highest BCUT2D eigenvalue weighted by molar-refractivity contribution is 8.04. The molecule has 0 radical (unpaired) electrons. The van der Waals surface area contributed by atoms with Gasteiger partial charge in [-0.15, -0.1) is 0 Å². The standard InChI is InChI=1S/C2H2N2S/c3-1-2-4-5-2/h2,4H. The van der Waals surface area contributed by atoms with Crippen molar-refractivity contribution >= 4 is 11.9 Å². The maximum atomic E-state index is 7.87. The van der Waals surface area contributed by atoms with Crippen molar-refractivity contribution in [3.63, 3.8) is 0 Å². The molecule has 0 aromatic rings. The number of hydrogen-bond donors (Lipinski definition) is 1. The lowest BCUT2D eigenvalue weighted by atomic mass is 10.8. The van der Waals surface area contributed by atoms with E-state index >= 15 is 0 Å². The molecule has 0 saturated carbocycles. The fourth-order valence-corrected chi connectivity index (χ4v) is 0.260. The van der Waals surface area contributed by atoms with Gasteiger partial charge in [0.2, 0.25) is 0 Å². The minimum Gasteiger partial charge on any atom is -0.235 e. The van der Waals surface area contributed by atoms with Crippen LogP contribution in [0.5, 0.6) is 0 Å². The molecular weight excluding hydrogens is 84.1 g/mol. The van der Waals surface area contributed by atoms with Crippen molar-refractivity contribution < 1.29 is 0 Å². The number of nitriles is 1. The highest BCUT2D eigenvalue weighted by Gasteiger charge is 2.19. The van der Waals surface area contributed by atoms with Crippen LogP contribution in [-0.2, 0) is 0 Å². The molecule has 3 heteroatoms. The molecule has 1 fully saturated rings. The first-order valence-electron chi connectivity index (χ1n) is 1.24. The number of nitrogens with zero attached hydrogens (tertiary/aromatic N) is 1. The van der Waals surface area contributed by atoms with Gasteiger partial charge >= 0.3 is 0 Å². The molecule has 1 unspecified atom stereocenters. The average Bonchev–Trinajstić information content (AvgIpc) is 2.12. The van der Waals surface area contributed by atoms with Crippen LogP contribution in [0.15, 0.2) is 0 Å². The summed E-state index contributed by atoms with van der Waals surface area (Å²) in [6.07, 6.45) is 0. The third-order valence-corrected chi connectivity index (χ3v) is 0.930. The Morgan fingerprint density at radius 3 is 2.60 bits per heavy atom. The number of nitrogens with one attached hydrogen (secondary N) is 1. The first-order chi connectivity index (χ1) is 2.43. The van der Waals surface area contributed by atoms with Crippen molar-refractivity contribution in [3.05, 3.63) is 0 Å². The Hall–Kier alpha value is -0.200. The Bertz CT molecular complexity index is 70.2. The Morgan fingerprint density at radius 2 is 2.60 bits per heavy atom. The van der Waals surface area contributed by atoms with Crippen LogP contribution < -0.4 is 4.72 Å². The molecular formula is C2H2N2S. The van der Waals surface area contributed by atoms with Gasteiger partial charge in [-0.05, 0) is 11.9 Å². The van der Waals surface area contributed by atoms with Crippen LogP contribution in [0.1, 0.15) is 0 Å². The third kappa shape index (κ3) is 0.534. The van der Waals surface area contributed by atoms with E-state index in [0.717, 1.165) is 0 Å². The van der Waals surface area contributed by atoms with Crippen LogP contribution in [-0.4, -0.2) is 5.37 Å². The second-order valence-electron chi connectivity index (χ2n) is 0.745. The second-order valence-corrected chi connectivity index (χ2v) is 1.69. The Labute approximate surface area is 34.3 Å². The van der Waals surface area contributed by atoms with E-state index in [9.17, 15) is 0 Å². The lowest BCUT2D eigenvalue weighted by Crippen LogP contribution is -1.77. The maximum absolute atomic E-state index is 7.87. The predicted molar refractivity (Wildman–Crippen MR) is 20.1 cm³/mol. The van der Waals surface area contributed by atoms with Crippen molar-refractivity contribution in [3.8, 4) is 6.07 Å². The van der Waals surface area contributed by atoms with E-state index in [0.29, 0.717) is 0 Å². The Balaban J connectivity index is 2.30. The van der Waals surface area contributed by atoms with Crippen LogP contribution in [0.3, 0.4) is 0 Å². The van der Waals surface area contributed by atoms with E-state index in [4.69, 9.17) is 5.26 Å². The molecule has 26 valence electrons. The van der Waals surface area contributed by atoms with E-state index < -0.39 is 0 Å². The van der Waals surface area contributed by atoms with Gasteiger partial charge in [0.15, 0.2) is 5.37 Å². The zero-order valence-electron chi connectivity index (χ0n) is 2.43. The van der Waals surface area contributed by atoms with Crippen molar-refractivity contribution in [2.45, 2.75) is 5.37 Å². The van der Waals surface area contributed by atoms with Gasteiger partial charge in [0, 0.05) is 0 Å². The minimum absolute atomic E-state index is 0.106. The summed E-state index contributed by atoms with van der Waals surface area (Å²) in [6, 6.07) is 1.99. The van der Waals surface area contributed by atoms with Crippen molar-refractivity contribution in [1.82, 2.24) is 4.72 Å². The molecule has 1 rings (SSSR count). The van der Waals surface area contributed by atoms with E-state index in [1.165, 1.54) is 11.9 Å². The van der Waals surface area contributed by atoms with E-state index in [-0.39, 0.29) is 5.37 Å². The number of hydrogen-bond acceptors (Lipinski definition) is 3. The SMILES string of the molecule is N#CC1NS1. The normalized spacial score (nSPS) is 32.2. The first-order valence-corrected chi connectivity index (χ1v) is 2.12. The van der Waals surface area contributed by atoms with Crippen LogP contribution in [0.25, 0.3) is 0 Å². The number of rotatable bonds is 0. The largest absolute Gasteiger partial charge is 0.235 e. The van der Waals surface area contributed by atoms with Crippen LogP contribution in [0, 0.1) is 11.3 Å². The van der Waals surface area contributed by atoms with E-state index in [1.54, 1.807) is 0 Å². The van der Waals surface area contributed by atoms with Crippen LogP contribution in [0.4, 0.5) is 0 Å². The summed E-state index contributed by atoms with van der Waals surface area (Å²) in [5, 5.41) is 7.98. The van der Waals surface area contributed by atoms with Crippen LogP contribution in [0.2, 0.25) is 0 Å². The summed E-state index contributed by atoms with van der Waals surface area (Å²) in [5.74, 6) is 0. The quantitative estimate of drug-likeness (QED) is 0.335. The van der Waals surface area contributed by atoms with E-state index in [1.807, 2.05) is 6.07 Å². The van der Waals surface area contributed by atoms with Crippen LogP contribution >= 0.6 is 11.9 Å². The highest BCUT2D eigenvalue weighted by Crippen LogP contribution is 2.18. The molecule has 1 saturated heterocycles. The molecule has 2 nitrogen and oxygen atoms in total. The Morgan fingerprint density at radius 1 is 2.00 bits per heavy atom. The predicted octanol–water partition coefficient (Wildman–Crippen LogP) is 0.0875. The molecule has 1 heterocycles. The van der Waals surface area contributed by atoms with Gasteiger partial charge in [-0.3, -0.25) is 0 Å². The fraction of sp³-hybridized carbons (Fsp3) is 0.500. The smallest absolute Gasteiger partial charge is 0.165 e. The van der Waals surface area contributed by atoms with Gasteiger partial charge < -0.3 is 0 Å². The summed E-state index contributed by atoms with van der Waals surface area (Å²) in [7, 11) is 0. The lowest BCUT2D eigenvalue weighted by Gasteiger charge is -1.47. The van der Waals surface area contributed by atoms with Gasteiger partial charge in [0.1, 0.15) is 0 Å². The summed E-state index contributed by atoms with van der Waals surface area (Å²) < 4.78 is 2.74. The molecule has 0 spiro atoms. The third-order valence-electron chi connectivity index (χ3n) is 0.353. The molecule has 1 aliphatic rings. The van der Waals surface area contributed by atoms with Gasteiger partial charge in [-0.2, -0.15) is 5.26 Å². The molecule has 1 aliphatic heterocycles. The second kappa shape index (κ2) is 0.886. The molecule has 1 N–H and O–H groups in total. The van der Waals surface area contributed by atoms with Gasteiger partial charge in [-0.1, -0.05) is 0 Å². The summed E-state index contributed by atoms with van der Waals surface area (Å²) in [4.78, 5) is 0. The minimum atomic E-state index is 0.106. The lowest BCUT2D eigenvalue weighted by molar-refractivity contribution is 1.21. The van der Waals surface area contributed by atoms with Crippen molar-refractivity contribution in [2.24, 2.45) is 0 Å². The topological polar surface area (TPSA) is 45.7 Å². The average molecular weight is 86.1 g/mol. The fourth-order valence-electron chi connectivity index (χ4n) is 0.0867. The highest BCUT2D eigenvalue weighted by atomic mass is 32.2. The van der Waals surface area contributed by atoms with Gasteiger partial charge in [-0.25, -0.2) is 4.72 Å². The molecule has 0 bridgehead atoms. The molecule has 5 heavy (non-hydrogen) atoms. The van der Waals surface area contributed by atoms with E-state index in [2.05, 4.69) is 4.72 Å². The molecule has 0 aliphatic carbocycles. The molecule has 1 atom stereocenters. The summed E-state index contributed by atoms with van der Waals surface area (Å²) in [6.45, 7) is 0. The summed E-state index contributed by atoms with van der Waals surface area (Å²) in [5.41, 5.74) is 0. The van der Waals surface area contributed by atoms with Gasteiger partial charge in [0.05, 0.1) is 6.07 Å². The first kappa shape index (κ1) is 3.01. The zero-order chi connectivity index (χ0) is 3.70. The molecule has 0 aromatic heterocycles. The zero-order valence-corrected chi connectivity index (χ0v) is 3.25.